The van der Waals surface area contributed by atoms with E-state index < -0.39 is 0 Å². The van der Waals surface area contributed by atoms with E-state index in [4.69, 9.17) is 0 Å². The molecule has 0 aliphatic rings. The van der Waals surface area contributed by atoms with Crippen LogP contribution >= 0.6 is 0 Å². The molecule has 112 valence electrons. The molecule has 0 N–H and O–H groups in total. The van der Waals surface area contributed by atoms with Gasteiger partial charge < -0.3 is 20.4 Å². The van der Waals surface area contributed by atoms with Crippen LogP contribution in [0.2, 0.25) is 0 Å². The summed E-state index contributed by atoms with van der Waals surface area (Å²) < 4.78 is 0. The van der Waals surface area contributed by atoms with Crippen molar-refractivity contribution in [3.8, 4) is 0 Å². The number of rotatable bonds is 4. The van der Waals surface area contributed by atoms with Gasteiger partial charge in [-0.25, -0.2) is 0 Å². The van der Waals surface area contributed by atoms with Crippen LogP contribution in [0.15, 0.2) is 23.7 Å². The van der Waals surface area contributed by atoms with Gasteiger partial charge in [-0.3, -0.25) is 9.59 Å². The molecule has 20 heavy (non-hydrogen) atoms. The molecule has 6 nitrogen and oxygen atoms in total. The Kier molecular flexibility index (Phi) is 27.9. The number of ketones is 2. The van der Waals surface area contributed by atoms with Crippen molar-refractivity contribution >= 4 is 11.6 Å². The second kappa shape index (κ2) is 20.4. The second-order valence-electron chi connectivity index (χ2n) is 3.49. The quantitative estimate of drug-likeness (QED) is 0.328. The predicted octanol–water partition coefficient (Wildman–Crippen LogP) is -2.23. The van der Waals surface area contributed by atoms with E-state index in [1.807, 2.05) is 0 Å². The summed E-state index contributed by atoms with van der Waals surface area (Å²) in [5.74, 6) is -0.750. The molecular formula is C13H20O6Ti. The Balaban J connectivity index is -0.0000000952. The summed E-state index contributed by atoms with van der Waals surface area (Å²) >= 11 is 0. The zero-order chi connectivity index (χ0) is 15.8. The molecule has 0 heterocycles. The van der Waals surface area contributed by atoms with E-state index in [1.54, 1.807) is 0 Å². The summed E-state index contributed by atoms with van der Waals surface area (Å²) in [6.45, 7) is 4.96. The molecule has 0 atom stereocenters. The average molecular weight is 320 g/mol. The fourth-order valence-electron chi connectivity index (χ4n) is 0.631. The van der Waals surface area contributed by atoms with Crippen LogP contribution in [0.25, 0.3) is 0 Å². The number of hydrogen-bond donors (Lipinski definition) is 0. The van der Waals surface area contributed by atoms with Crippen molar-refractivity contribution < 1.29 is 51.7 Å². The van der Waals surface area contributed by atoms with Crippen LogP contribution in [0, 0.1) is 0 Å². The number of carbonyl (C=O) groups is 2. The van der Waals surface area contributed by atoms with E-state index in [9.17, 15) is 30.0 Å². The third-order valence-corrected chi connectivity index (χ3v) is 1.10. The Bertz CT molecular complexity index is 272. The maximum Gasteiger partial charge on any atom is 4.00 e. The van der Waals surface area contributed by atoms with Crippen LogP contribution in [-0.4, -0.2) is 24.8 Å². The predicted molar refractivity (Wildman–Crippen MR) is 63.2 cm³/mol. The molecule has 0 aromatic carbocycles. The third-order valence-electron chi connectivity index (χ3n) is 1.10. The van der Waals surface area contributed by atoms with Gasteiger partial charge in [-0.05, 0) is 26.0 Å². The maximum atomic E-state index is 9.98. The molecule has 0 radical (unpaired) electrons. The first-order chi connectivity index (χ1) is 8.67. The molecule has 0 aromatic rings. The van der Waals surface area contributed by atoms with Crippen molar-refractivity contribution in [1.82, 2.24) is 0 Å². The van der Waals surface area contributed by atoms with Gasteiger partial charge >= 0.3 is 21.7 Å². The summed E-state index contributed by atoms with van der Waals surface area (Å²) in [4.78, 5) is 20.0. The smallest absolute Gasteiger partial charge is 0.876 e. The van der Waals surface area contributed by atoms with Gasteiger partial charge in [0.25, 0.3) is 0 Å². The molecule has 0 spiro atoms. The molecule has 0 aliphatic carbocycles. The second-order valence-corrected chi connectivity index (χ2v) is 3.49. The number of hydrogen-bond acceptors (Lipinski definition) is 6. The first-order valence-electron chi connectivity index (χ1n) is 5.55. The Hall–Kier alpha value is -0.946. The van der Waals surface area contributed by atoms with Crippen LogP contribution in [0.4, 0.5) is 0 Å². The van der Waals surface area contributed by atoms with E-state index in [-0.39, 0.29) is 64.4 Å². The summed E-state index contributed by atoms with van der Waals surface area (Å²) in [5, 5.41) is 38.6. The van der Waals surface area contributed by atoms with Gasteiger partial charge in [-0.1, -0.05) is 20.3 Å². The zero-order valence-electron chi connectivity index (χ0n) is 12.2. The van der Waals surface area contributed by atoms with Gasteiger partial charge in [-0.2, -0.15) is 0 Å². The topological polar surface area (TPSA) is 126 Å². The number of carbonyl (C=O) groups excluding carboxylic acids is 2. The summed E-state index contributed by atoms with van der Waals surface area (Å²) in [7, 11) is 0. The molecule has 0 aromatic heterocycles. The molecule has 0 fully saturated rings. The normalized spacial score (nSPS) is 10.1. The van der Waals surface area contributed by atoms with Crippen molar-refractivity contribution in [2.75, 3.05) is 13.2 Å². The summed E-state index contributed by atoms with van der Waals surface area (Å²) in [6, 6.07) is 0. The van der Waals surface area contributed by atoms with Crippen LogP contribution in [0.1, 0.15) is 34.1 Å². The van der Waals surface area contributed by atoms with Crippen molar-refractivity contribution in [2.24, 2.45) is 0 Å². The molecule has 7 heteroatoms. The first kappa shape index (κ1) is 27.4. The molecule has 0 rings (SSSR count). The maximum absolute atomic E-state index is 9.98. The van der Waals surface area contributed by atoms with Gasteiger partial charge in [0.05, 0.1) is 0 Å². The monoisotopic (exact) mass is 320 g/mol. The minimum atomic E-state index is -0.219. The Morgan fingerprint density at radius 2 is 1.05 bits per heavy atom. The number of allylic oxidation sites excluding steroid dienone is 4. The van der Waals surface area contributed by atoms with Crippen molar-refractivity contribution in [3.05, 3.63) is 23.7 Å². The van der Waals surface area contributed by atoms with Crippen molar-refractivity contribution in [1.29, 1.82) is 0 Å². The van der Waals surface area contributed by atoms with E-state index in [2.05, 4.69) is 0 Å². The van der Waals surface area contributed by atoms with Crippen molar-refractivity contribution in [3.63, 3.8) is 0 Å². The zero-order valence-corrected chi connectivity index (χ0v) is 13.8. The van der Waals surface area contributed by atoms with Crippen LogP contribution in [0.5, 0.6) is 0 Å². The van der Waals surface area contributed by atoms with Gasteiger partial charge in [0, 0.05) is 0 Å². The largest absolute Gasteiger partial charge is 4.00 e. The molecular weight excluding hydrogens is 300 g/mol. The molecule has 0 aliphatic heterocycles. The van der Waals surface area contributed by atoms with Gasteiger partial charge in [-0.15, -0.1) is 24.7 Å². The van der Waals surface area contributed by atoms with E-state index in [0.717, 1.165) is 12.2 Å². The van der Waals surface area contributed by atoms with Gasteiger partial charge in [0.2, 0.25) is 0 Å². The minimum absolute atomic E-state index is 0. The van der Waals surface area contributed by atoms with Gasteiger partial charge in [0.15, 0.2) is 11.6 Å². The molecule has 0 amide bonds. The first-order valence-corrected chi connectivity index (χ1v) is 5.55. The molecule has 0 unspecified atom stereocenters. The third kappa shape index (κ3) is 53.6. The van der Waals surface area contributed by atoms with E-state index in [0.29, 0.717) is 0 Å². The fourth-order valence-corrected chi connectivity index (χ4v) is 0.631. The van der Waals surface area contributed by atoms with Gasteiger partial charge in [0.1, 0.15) is 0 Å². The van der Waals surface area contributed by atoms with E-state index >= 15 is 0 Å². The van der Waals surface area contributed by atoms with Crippen LogP contribution < -0.4 is 20.4 Å². The average Bonchev–Trinajstić information content (AvgIpc) is 2.15. The fraction of sp³-hybridized carbons (Fsp3) is 0.538. The molecule has 0 saturated carbocycles. The van der Waals surface area contributed by atoms with Crippen LogP contribution in [-0.2, 0) is 31.3 Å². The Morgan fingerprint density at radius 1 is 0.800 bits per heavy atom. The summed E-state index contributed by atoms with van der Waals surface area (Å²) in [6.07, 6.45) is 2.39. The standard InChI is InChI=1S/2C5H8O2.C3H6O2.Ti/c2*1-4(6)3-5(2)7;4-2-1-3-5;/h2*3,6H,1-2H3;1-3H2;/q;;-2;+4/p-2/b2*4-3-;;. The Labute approximate surface area is 134 Å². The molecule has 0 bridgehead atoms. The molecule has 0 saturated heterocycles. The Morgan fingerprint density at radius 3 is 1.05 bits per heavy atom. The van der Waals surface area contributed by atoms with E-state index in [1.165, 1.54) is 27.7 Å². The van der Waals surface area contributed by atoms with Crippen molar-refractivity contribution in [2.45, 2.75) is 34.1 Å². The SMILES string of the molecule is CC(=O)/C=C(/C)[O-].CC(=O)/C=C(/C)[O-].[O-]CCC[O-].[Ti+4]. The van der Waals surface area contributed by atoms with Crippen LogP contribution in [0.3, 0.4) is 0 Å². The summed E-state index contributed by atoms with van der Waals surface area (Å²) in [5.41, 5.74) is 0. The minimum Gasteiger partial charge on any atom is -0.876 e.